The number of carbonyl (C=O) groups excluding carboxylic acids is 1. The van der Waals surface area contributed by atoms with Crippen LogP contribution in [0.1, 0.15) is 33.0 Å². The van der Waals surface area contributed by atoms with Gasteiger partial charge in [0.05, 0.1) is 11.0 Å². The molecule has 4 heteroatoms. The van der Waals surface area contributed by atoms with Gasteiger partial charge in [-0.1, -0.05) is 37.3 Å². The number of thiophene rings is 1. The third-order valence-electron chi connectivity index (χ3n) is 2.91. The minimum absolute atomic E-state index is 0.0460. The van der Waals surface area contributed by atoms with Crippen LogP contribution in [-0.2, 0) is 0 Å². The van der Waals surface area contributed by atoms with E-state index >= 15 is 0 Å². The van der Waals surface area contributed by atoms with Crippen molar-refractivity contribution in [3.63, 3.8) is 0 Å². The minimum atomic E-state index is -0.400. The van der Waals surface area contributed by atoms with E-state index in [4.69, 9.17) is 11.5 Å². The Morgan fingerprint density at radius 2 is 1.78 bits per heavy atom. The second kappa shape index (κ2) is 5.44. The van der Waals surface area contributed by atoms with Crippen molar-refractivity contribution in [3.05, 3.63) is 57.8 Å². The number of hydrogen-bond donors (Lipinski definition) is 2. The zero-order valence-electron chi connectivity index (χ0n) is 10.2. The Kier molecular flexibility index (Phi) is 3.91. The number of rotatable bonds is 4. The van der Waals surface area contributed by atoms with Gasteiger partial charge in [0.1, 0.15) is 0 Å². The maximum Gasteiger partial charge on any atom is 0.202 e. The first-order valence-corrected chi connectivity index (χ1v) is 6.62. The van der Waals surface area contributed by atoms with E-state index in [0.29, 0.717) is 5.56 Å². The van der Waals surface area contributed by atoms with E-state index in [9.17, 15) is 4.79 Å². The molecule has 0 fully saturated rings. The first-order valence-electron chi connectivity index (χ1n) is 5.80. The molecule has 0 radical (unpaired) electrons. The fourth-order valence-electron chi connectivity index (χ4n) is 1.64. The molecule has 0 aliphatic heterocycles. The Balaban J connectivity index is 2.23. The van der Waals surface area contributed by atoms with Crippen LogP contribution in [0.15, 0.2) is 42.5 Å². The Labute approximate surface area is 110 Å². The summed E-state index contributed by atoms with van der Waals surface area (Å²) < 4.78 is 0. The smallest absolute Gasteiger partial charge is 0.202 e. The lowest BCUT2D eigenvalue weighted by molar-refractivity contribution is 0.104. The van der Waals surface area contributed by atoms with Crippen molar-refractivity contribution in [2.24, 2.45) is 11.5 Å². The zero-order chi connectivity index (χ0) is 13.1. The zero-order valence-corrected chi connectivity index (χ0v) is 11.0. The second-order valence-electron chi connectivity index (χ2n) is 4.26. The molecular weight excluding hydrogens is 244 g/mol. The standard InChI is InChI=1S/C14H16N2OS/c1-9(14(15)16)11-7-8-12(18-11)13(17)10-5-3-2-4-6-10/h2-9,14H,15-16H2,1H3. The first kappa shape index (κ1) is 13.0. The second-order valence-corrected chi connectivity index (χ2v) is 5.38. The van der Waals surface area contributed by atoms with Crippen molar-refractivity contribution in [2.75, 3.05) is 0 Å². The van der Waals surface area contributed by atoms with Crippen molar-refractivity contribution in [3.8, 4) is 0 Å². The molecule has 1 aromatic carbocycles. The van der Waals surface area contributed by atoms with Crippen molar-refractivity contribution < 1.29 is 4.79 Å². The van der Waals surface area contributed by atoms with Crippen molar-refractivity contribution >= 4 is 17.1 Å². The molecule has 0 amide bonds. The number of ketones is 1. The van der Waals surface area contributed by atoms with E-state index in [1.54, 1.807) is 0 Å². The Morgan fingerprint density at radius 1 is 1.11 bits per heavy atom. The van der Waals surface area contributed by atoms with Gasteiger partial charge in [0.15, 0.2) is 0 Å². The van der Waals surface area contributed by atoms with Crippen LogP contribution in [0.4, 0.5) is 0 Å². The minimum Gasteiger partial charge on any atom is -0.316 e. The van der Waals surface area contributed by atoms with Gasteiger partial charge in [0.2, 0.25) is 5.78 Å². The molecule has 18 heavy (non-hydrogen) atoms. The summed E-state index contributed by atoms with van der Waals surface area (Å²) in [6.45, 7) is 1.97. The molecule has 1 atom stereocenters. The molecule has 0 spiro atoms. The van der Waals surface area contributed by atoms with Crippen molar-refractivity contribution in [1.82, 2.24) is 0 Å². The normalized spacial score (nSPS) is 12.7. The third-order valence-corrected chi connectivity index (χ3v) is 4.20. The molecule has 2 rings (SSSR count). The van der Waals surface area contributed by atoms with Crippen molar-refractivity contribution in [2.45, 2.75) is 19.0 Å². The van der Waals surface area contributed by atoms with Gasteiger partial charge >= 0.3 is 0 Å². The molecule has 2 aromatic rings. The Morgan fingerprint density at radius 3 is 2.39 bits per heavy atom. The van der Waals surface area contributed by atoms with E-state index in [1.165, 1.54) is 11.3 Å². The molecule has 0 bridgehead atoms. The molecular formula is C14H16N2OS. The SMILES string of the molecule is CC(c1ccc(C(=O)c2ccccc2)s1)C(N)N. The summed E-state index contributed by atoms with van der Waals surface area (Å²) in [7, 11) is 0. The van der Waals surface area contributed by atoms with E-state index in [2.05, 4.69) is 0 Å². The van der Waals surface area contributed by atoms with Crippen LogP contribution in [0.2, 0.25) is 0 Å². The summed E-state index contributed by atoms with van der Waals surface area (Å²) in [5.41, 5.74) is 12.0. The summed E-state index contributed by atoms with van der Waals surface area (Å²) in [6.07, 6.45) is -0.400. The Hall–Kier alpha value is -1.49. The van der Waals surface area contributed by atoms with Gasteiger partial charge in [0, 0.05) is 16.4 Å². The number of hydrogen-bond acceptors (Lipinski definition) is 4. The highest BCUT2D eigenvalue weighted by Gasteiger charge is 2.16. The maximum atomic E-state index is 12.2. The third kappa shape index (κ3) is 2.67. The highest BCUT2D eigenvalue weighted by Crippen LogP contribution is 2.27. The lowest BCUT2D eigenvalue weighted by Crippen LogP contribution is -2.35. The first-order chi connectivity index (χ1) is 8.59. The van der Waals surface area contributed by atoms with Gasteiger partial charge in [-0.15, -0.1) is 11.3 Å². The molecule has 1 aromatic heterocycles. The average molecular weight is 260 g/mol. The molecule has 1 heterocycles. The molecule has 0 aliphatic rings. The van der Waals surface area contributed by atoms with Gasteiger partial charge < -0.3 is 11.5 Å². The average Bonchev–Trinajstić information content (AvgIpc) is 2.87. The van der Waals surface area contributed by atoms with Gasteiger partial charge in [-0.05, 0) is 12.1 Å². The van der Waals surface area contributed by atoms with Gasteiger partial charge in [-0.25, -0.2) is 0 Å². The molecule has 4 N–H and O–H groups in total. The van der Waals surface area contributed by atoms with Crippen LogP contribution in [0.3, 0.4) is 0 Å². The highest BCUT2D eigenvalue weighted by atomic mass is 32.1. The van der Waals surface area contributed by atoms with Crippen LogP contribution in [-0.4, -0.2) is 11.9 Å². The maximum absolute atomic E-state index is 12.2. The summed E-state index contributed by atoms with van der Waals surface area (Å²) in [5, 5.41) is 0. The van der Waals surface area contributed by atoms with Crippen molar-refractivity contribution in [1.29, 1.82) is 0 Å². The summed E-state index contributed by atoms with van der Waals surface area (Å²) in [6, 6.07) is 13.0. The summed E-state index contributed by atoms with van der Waals surface area (Å²) in [4.78, 5) is 14.0. The topological polar surface area (TPSA) is 69.1 Å². The molecule has 3 nitrogen and oxygen atoms in total. The predicted molar refractivity (Wildman–Crippen MR) is 74.8 cm³/mol. The summed E-state index contributed by atoms with van der Waals surface area (Å²) >= 11 is 1.46. The van der Waals surface area contributed by atoms with Crippen LogP contribution in [0.5, 0.6) is 0 Å². The van der Waals surface area contributed by atoms with Gasteiger partial charge in [-0.2, -0.15) is 0 Å². The molecule has 0 saturated heterocycles. The quantitative estimate of drug-likeness (QED) is 0.655. The van der Waals surface area contributed by atoms with E-state index in [-0.39, 0.29) is 11.7 Å². The molecule has 0 aliphatic carbocycles. The van der Waals surface area contributed by atoms with Crippen LogP contribution in [0, 0.1) is 0 Å². The molecule has 0 saturated carbocycles. The highest BCUT2D eigenvalue weighted by molar-refractivity contribution is 7.14. The lowest BCUT2D eigenvalue weighted by atomic mass is 10.1. The van der Waals surface area contributed by atoms with Gasteiger partial charge in [0.25, 0.3) is 0 Å². The van der Waals surface area contributed by atoms with Crippen LogP contribution >= 0.6 is 11.3 Å². The summed E-state index contributed by atoms with van der Waals surface area (Å²) in [5.74, 6) is 0.108. The van der Waals surface area contributed by atoms with E-state index in [0.717, 1.165) is 9.75 Å². The van der Waals surface area contributed by atoms with Crippen LogP contribution < -0.4 is 11.5 Å². The monoisotopic (exact) mass is 260 g/mol. The predicted octanol–water partition coefficient (Wildman–Crippen LogP) is 2.33. The van der Waals surface area contributed by atoms with E-state index in [1.807, 2.05) is 49.4 Å². The fourth-order valence-corrected chi connectivity index (χ4v) is 2.72. The van der Waals surface area contributed by atoms with Crippen LogP contribution in [0.25, 0.3) is 0 Å². The molecule has 94 valence electrons. The fraction of sp³-hybridized carbons (Fsp3) is 0.214. The Bertz CT molecular complexity index is 534. The number of benzene rings is 1. The largest absolute Gasteiger partial charge is 0.316 e. The van der Waals surface area contributed by atoms with Gasteiger partial charge in [-0.3, -0.25) is 4.79 Å². The number of nitrogens with two attached hydrogens (primary N) is 2. The molecule has 1 unspecified atom stereocenters. The lowest BCUT2D eigenvalue weighted by Gasteiger charge is -2.12. The van der Waals surface area contributed by atoms with E-state index < -0.39 is 6.17 Å². The number of carbonyl (C=O) groups is 1.